The van der Waals surface area contributed by atoms with Crippen molar-refractivity contribution >= 4 is 17.8 Å². The number of aliphatic hydroxyl groups is 1. The highest BCUT2D eigenvalue weighted by molar-refractivity contribution is 5.98. The minimum atomic E-state index is -1.01. The zero-order valence-electron chi connectivity index (χ0n) is 22.1. The molecule has 0 aromatic carbocycles. The molecule has 202 valence electrons. The van der Waals surface area contributed by atoms with Crippen LogP contribution < -0.4 is 0 Å². The monoisotopic (exact) mass is 504 g/mol. The first kappa shape index (κ1) is 27.1. The van der Waals surface area contributed by atoms with Crippen molar-refractivity contribution in [3.63, 3.8) is 0 Å². The number of carbonyl (C=O) groups is 3. The van der Waals surface area contributed by atoms with Crippen molar-refractivity contribution in [2.24, 2.45) is 11.8 Å². The predicted octanol–water partition coefficient (Wildman–Crippen LogP) is 3.21. The number of hydrogen-bond acceptors (Lipinski definition) is 6. The second-order valence-corrected chi connectivity index (χ2v) is 11.0. The van der Waals surface area contributed by atoms with E-state index < -0.39 is 29.1 Å². The molecule has 3 aliphatic heterocycles. The van der Waals surface area contributed by atoms with Crippen LogP contribution in [0.3, 0.4) is 0 Å². The fourth-order valence-electron chi connectivity index (χ4n) is 7.51. The van der Waals surface area contributed by atoms with Gasteiger partial charge in [0.1, 0.15) is 17.6 Å². The molecule has 1 aliphatic carbocycles. The highest BCUT2D eigenvalue weighted by Gasteiger charge is 2.79. The maximum absolute atomic E-state index is 14.4. The SMILES string of the molecule is C=CCN(C(=O)C1N(CCCCCO)C(=O)[C@@H]2[C@H](C(=O)OCC)[C@]3(CC)CCC12O3)C1CCCCC1. The van der Waals surface area contributed by atoms with Gasteiger partial charge in [-0.05, 0) is 58.3 Å². The molecule has 4 fully saturated rings. The van der Waals surface area contributed by atoms with Gasteiger partial charge in [0.2, 0.25) is 11.8 Å². The first-order valence-corrected chi connectivity index (χ1v) is 14.1. The van der Waals surface area contributed by atoms with E-state index >= 15 is 0 Å². The Balaban J connectivity index is 1.72. The average Bonchev–Trinajstić information content (AvgIpc) is 3.49. The third kappa shape index (κ3) is 4.38. The summed E-state index contributed by atoms with van der Waals surface area (Å²) >= 11 is 0. The molecule has 1 N–H and O–H groups in total. The summed E-state index contributed by atoms with van der Waals surface area (Å²) in [5, 5.41) is 9.22. The first-order valence-electron chi connectivity index (χ1n) is 14.1. The van der Waals surface area contributed by atoms with Crippen molar-refractivity contribution in [2.45, 2.75) is 108 Å². The van der Waals surface area contributed by atoms with Crippen molar-refractivity contribution in [2.75, 3.05) is 26.3 Å². The maximum Gasteiger partial charge on any atom is 0.312 e. The first-order chi connectivity index (χ1) is 17.4. The molecule has 4 rings (SSSR count). The molecule has 3 saturated heterocycles. The van der Waals surface area contributed by atoms with Gasteiger partial charge < -0.3 is 24.4 Å². The van der Waals surface area contributed by atoms with Crippen LogP contribution in [0.1, 0.15) is 84.5 Å². The van der Waals surface area contributed by atoms with Crippen LogP contribution in [0.5, 0.6) is 0 Å². The molecular weight excluding hydrogens is 460 g/mol. The lowest BCUT2D eigenvalue weighted by Gasteiger charge is -2.41. The smallest absolute Gasteiger partial charge is 0.312 e. The molecule has 2 amide bonds. The molecule has 1 spiro atoms. The molecule has 0 aromatic rings. The summed E-state index contributed by atoms with van der Waals surface area (Å²) in [6.07, 6.45) is 11.0. The number of hydrogen-bond donors (Lipinski definition) is 1. The summed E-state index contributed by atoms with van der Waals surface area (Å²) in [4.78, 5) is 45.4. The standard InChI is InChI=1S/C28H44N2O6/c1-4-17-29(20-13-9-7-10-14-20)25(33)23-28-16-15-27(5-2,36-28)22(26(34)35-6-3)21(28)24(32)30(23)18-11-8-12-19-31/h4,20-23,31H,1,5-19H2,2-3H3/t21-,22+,23?,27-,28?/m0/s1. The van der Waals surface area contributed by atoms with Gasteiger partial charge in [-0.15, -0.1) is 6.58 Å². The van der Waals surface area contributed by atoms with E-state index in [0.717, 1.165) is 32.1 Å². The van der Waals surface area contributed by atoms with Crippen molar-refractivity contribution in [3.8, 4) is 0 Å². The Kier molecular flexibility index (Phi) is 8.45. The number of nitrogens with zero attached hydrogens (tertiary/aromatic N) is 2. The summed E-state index contributed by atoms with van der Waals surface area (Å²) in [6, 6.07) is -0.621. The van der Waals surface area contributed by atoms with E-state index in [-0.39, 0.29) is 37.0 Å². The van der Waals surface area contributed by atoms with Crippen molar-refractivity contribution in [3.05, 3.63) is 12.7 Å². The predicted molar refractivity (Wildman–Crippen MR) is 135 cm³/mol. The molecular formula is C28H44N2O6. The molecule has 3 heterocycles. The van der Waals surface area contributed by atoms with Gasteiger partial charge in [-0.25, -0.2) is 0 Å². The Morgan fingerprint density at radius 3 is 2.58 bits per heavy atom. The van der Waals surface area contributed by atoms with Crippen molar-refractivity contribution < 1.29 is 29.0 Å². The van der Waals surface area contributed by atoms with Crippen LogP contribution in [0.15, 0.2) is 12.7 Å². The van der Waals surface area contributed by atoms with Gasteiger partial charge in [-0.1, -0.05) is 32.3 Å². The summed E-state index contributed by atoms with van der Waals surface area (Å²) < 4.78 is 12.3. The lowest BCUT2D eigenvalue weighted by atomic mass is 9.65. The number of likely N-dealkylation sites (tertiary alicyclic amines) is 1. The third-order valence-corrected chi connectivity index (χ3v) is 9.14. The number of esters is 1. The van der Waals surface area contributed by atoms with Gasteiger partial charge in [-0.2, -0.15) is 0 Å². The summed E-state index contributed by atoms with van der Waals surface area (Å²) in [5.74, 6) is -2.01. The molecule has 1 saturated carbocycles. The number of unbranched alkanes of at least 4 members (excludes halogenated alkanes) is 2. The molecule has 2 bridgehead atoms. The molecule has 8 nitrogen and oxygen atoms in total. The topological polar surface area (TPSA) is 96.4 Å². The van der Waals surface area contributed by atoms with Crippen LogP contribution in [0, 0.1) is 11.8 Å². The van der Waals surface area contributed by atoms with Crippen LogP contribution >= 0.6 is 0 Å². The highest BCUT2D eigenvalue weighted by atomic mass is 16.6. The lowest BCUT2D eigenvalue weighted by Crippen LogP contribution is -2.58. The minimum Gasteiger partial charge on any atom is -0.466 e. The average molecular weight is 505 g/mol. The Bertz CT molecular complexity index is 842. The Morgan fingerprint density at radius 1 is 1.19 bits per heavy atom. The zero-order valence-corrected chi connectivity index (χ0v) is 22.1. The van der Waals surface area contributed by atoms with Crippen molar-refractivity contribution in [1.29, 1.82) is 0 Å². The number of amides is 2. The van der Waals surface area contributed by atoms with E-state index in [1.54, 1.807) is 17.9 Å². The van der Waals surface area contributed by atoms with Gasteiger partial charge in [0.15, 0.2) is 0 Å². The zero-order chi connectivity index (χ0) is 25.9. The quantitative estimate of drug-likeness (QED) is 0.249. The van der Waals surface area contributed by atoms with E-state index in [0.29, 0.717) is 45.2 Å². The Hall–Kier alpha value is -1.93. The van der Waals surface area contributed by atoms with E-state index in [2.05, 4.69) is 6.58 Å². The number of carbonyl (C=O) groups excluding carboxylic acids is 3. The molecule has 8 heteroatoms. The van der Waals surface area contributed by atoms with E-state index in [1.807, 2.05) is 11.8 Å². The van der Waals surface area contributed by atoms with Gasteiger partial charge in [-0.3, -0.25) is 14.4 Å². The van der Waals surface area contributed by atoms with Crippen LogP contribution in [-0.4, -0.2) is 82.3 Å². The van der Waals surface area contributed by atoms with Crippen LogP contribution in [-0.2, 0) is 23.9 Å². The molecule has 2 unspecified atom stereocenters. The number of fused-ring (bicyclic) bond motifs is 1. The van der Waals surface area contributed by atoms with Crippen molar-refractivity contribution in [1.82, 2.24) is 9.80 Å². The van der Waals surface area contributed by atoms with E-state index in [9.17, 15) is 19.5 Å². The van der Waals surface area contributed by atoms with Crippen LogP contribution in [0.4, 0.5) is 0 Å². The van der Waals surface area contributed by atoms with Crippen LogP contribution in [0.25, 0.3) is 0 Å². The third-order valence-electron chi connectivity index (χ3n) is 9.14. The molecule has 5 atom stereocenters. The van der Waals surface area contributed by atoms with Crippen LogP contribution in [0.2, 0.25) is 0 Å². The second kappa shape index (κ2) is 11.2. The van der Waals surface area contributed by atoms with Gasteiger partial charge in [0, 0.05) is 25.7 Å². The number of ether oxygens (including phenoxy) is 2. The largest absolute Gasteiger partial charge is 0.466 e. The summed E-state index contributed by atoms with van der Waals surface area (Å²) in [5.41, 5.74) is -1.77. The summed E-state index contributed by atoms with van der Waals surface area (Å²) in [7, 11) is 0. The lowest BCUT2D eigenvalue weighted by molar-refractivity contribution is -0.162. The van der Waals surface area contributed by atoms with Gasteiger partial charge >= 0.3 is 5.97 Å². The fraction of sp³-hybridized carbons (Fsp3) is 0.821. The van der Waals surface area contributed by atoms with Gasteiger partial charge in [0.25, 0.3) is 0 Å². The Morgan fingerprint density at radius 2 is 1.94 bits per heavy atom. The van der Waals surface area contributed by atoms with E-state index in [4.69, 9.17) is 9.47 Å². The van der Waals surface area contributed by atoms with E-state index in [1.165, 1.54) is 6.42 Å². The minimum absolute atomic E-state index is 0.0729. The molecule has 0 radical (unpaired) electrons. The highest BCUT2D eigenvalue weighted by Crippen LogP contribution is 2.64. The number of aliphatic hydroxyl groups excluding tert-OH is 1. The van der Waals surface area contributed by atoms with Gasteiger partial charge in [0.05, 0.1) is 18.1 Å². The Labute approximate surface area is 215 Å². The maximum atomic E-state index is 14.4. The second-order valence-electron chi connectivity index (χ2n) is 11.0. The molecule has 0 aromatic heterocycles. The molecule has 36 heavy (non-hydrogen) atoms. The fourth-order valence-corrected chi connectivity index (χ4v) is 7.51. The normalized spacial score (nSPS) is 33.6. The number of rotatable bonds is 12. The molecule has 4 aliphatic rings. The summed E-state index contributed by atoms with van der Waals surface area (Å²) in [6.45, 7) is 8.87.